The zero-order valence-electron chi connectivity index (χ0n) is 10.0. The van der Waals surface area contributed by atoms with Crippen molar-refractivity contribution in [2.45, 2.75) is 24.9 Å². The summed E-state index contributed by atoms with van der Waals surface area (Å²) in [5.74, 6) is 1.95. The standard InChI is InChI=1S/C14H15N3O/c1-2-4-13-11(3-1)12(9-18-13)17-8-7-15-14(17)16-10-5-6-10/h1-4,7-8,10,12H,5-6,9H2,(H,15,16). The lowest BCUT2D eigenvalue weighted by Gasteiger charge is -2.15. The number of fused-ring (bicyclic) bond motifs is 1. The SMILES string of the molecule is c1ccc2c(c1)OCC2n1ccnc1NC1CC1. The highest BCUT2D eigenvalue weighted by Crippen LogP contribution is 2.36. The first kappa shape index (κ1) is 10.00. The Balaban J connectivity index is 1.69. The topological polar surface area (TPSA) is 39.1 Å². The third kappa shape index (κ3) is 1.56. The third-order valence-electron chi connectivity index (χ3n) is 3.59. The lowest BCUT2D eigenvalue weighted by molar-refractivity contribution is 0.317. The molecule has 2 aromatic rings. The zero-order chi connectivity index (χ0) is 11.9. The van der Waals surface area contributed by atoms with Gasteiger partial charge in [0.05, 0.1) is 6.04 Å². The smallest absolute Gasteiger partial charge is 0.203 e. The highest BCUT2D eigenvalue weighted by molar-refractivity contribution is 5.42. The van der Waals surface area contributed by atoms with Crippen molar-refractivity contribution < 1.29 is 4.74 Å². The molecule has 1 aromatic carbocycles. The van der Waals surface area contributed by atoms with Crippen molar-refractivity contribution in [3.8, 4) is 5.75 Å². The van der Waals surface area contributed by atoms with Gasteiger partial charge in [-0.2, -0.15) is 0 Å². The molecular weight excluding hydrogens is 226 g/mol. The molecule has 1 N–H and O–H groups in total. The van der Waals surface area contributed by atoms with Crippen molar-refractivity contribution in [2.75, 3.05) is 11.9 Å². The van der Waals surface area contributed by atoms with Crippen LogP contribution in [-0.4, -0.2) is 22.2 Å². The number of nitrogens with one attached hydrogen (secondary N) is 1. The largest absolute Gasteiger partial charge is 0.491 e. The van der Waals surface area contributed by atoms with Crippen LogP contribution in [0, 0.1) is 0 Å². The van der Waals surface area contributed by atoms with E-state index in [-0.39, 0.29) is 6.04 Å². The van der Waals surface area contributed by atoms with E-state index in [2.05, 4.69) is 27.0 Å². The molecule has 1 atom stereocenters. The maximum Gasteiger partial charge on any atom is 0.203 e. The fourth-order valence-corrected chi connectivity index (χ4v) is 2.46. The first-order chi connectivity index (χ1) is 8.92. The quantitative estimate of drug-likeness (QED) is 0.897. The monoisotopic (exact) mass is 241 g/mol. The molecule has 92 valence electrons. The van der Waals surface area contributed by atoms with Crippen LogP contribution in [0.3, 0.4) is 0 Å². The number of nitrogens with zero attached hydrogens (tertiary/aromatic N) is 2. The Hall–Kier alpha value is -1.97. The minimum absolute atomic E-state index is 0.241. The average Bonchev–Trinajstić information content (AvgIpc) is 2.93. The van der Waals surface area contributed by atoms with Gasteiger partial charge < -0.3 is 14.6 Å². The van der Waals surface area contributed by atoms with E-state index >= 15 is 0 Å². The zero-order valence-corrected chi connectivity index (χ0v) is 10.0. The normalized spacial score (nSPS) is 21.4. The van der Waals surface area contributed by atoms with Gasteiger partial charge in [0.2, 0.25) is 5.95 Å². The number of para-hydroxylation sites is 1. The van der Waals surface area contributed by atoms with Crippen LogP contribution in [0.25, 0.3) is 0 Å². The van der Waals surface area contributed by atoms with Gasteiger partial charge in [0.1, 0.15) is 12.4 Å². The number of rotatable bonds is 3. The Kier molecular flexibility index (Phi) is 2.09. The van der Waals surface area contributed by atoms with Crippen molar-refractivity contribution in [3.63, 3.8) is 0 Å². The van der Waals surface area contributed by atoms with Crippen LogP contribution >= 0.6 is 0 Å². The predicted molar refractivity (Wildman–Crippen MR) is 68.9 cm³/mol. The second-order valence-electron chi connectivity index (χ2n) is 4.94. The van der Waals surface area contributed by atoms with Gasteiger partial charge in [-0.1, -0.05) is 18.2 Å². The van der Waals surface area contributed by atoms with Crippen molar-refractivity contribution in [3.05, 3.63) is 42.2 Å². The van der Waals surface area contributed by atoms with E-state index in [1.807, 2.05) is 24.5 Å². The maximum atomic E-state index is 5.73. The van der Waals surface area contributed by atoms with Crippen LogP contribution in [0.1, 0.15) is 24.4 Å². The molecule has 1 fully saturated rings. The molecule has 4 heteroatoms. The number of benzene rings is 1. The van der Waals surface area contributed by atoms with Gasteiger partial charge in [-0.25, -0.2) is 4.98 Å². The molecule has 1 aliphatic heterocycles. The van der Waals surface area contributed by atoms with Crippen LogP contribution < -0.4 is 10.1 Å². The number of aromatic nitrogens is 2. The summed E-state index contributed by atoms with van der Waals surface area (Å²) < 4.78 is 7.92. The number of hydrogen-bond acceptors (Lipinski definition) is 3. The van der Waals surface area contributed by atoms with Crippen LogP contribution in [0.4, 0.5) is 5.95 Å². The molecule has 0 saturated heterocycles. The lowest BCUT2D eigenvalue weighted by Crippen LogP contribution is -2.16. The van der Waals surface area contributed by atoms with Crippen molar-refractivity contribution in [2.24, 2.45) is 0 Å². The molecule has 0 spiro atoms. The van der Waals surface area contributed by atoms with Crippen molar-refractivity contribution >= 4 is 5.95 Å². The van der Waals surface area contributed by atoms with E-state index in [1.54, 1.807) is 0 Å². The minimum Gasteiger partial charge on any atom is -0.491 e. The number of anilines is 1. The first-order valence-electron chi connectivity index (χ1n) is 6.43. The summed E-state index contributed by atoms with van der Waals surface area (Å²) in [4.78, 5) is 4.41. The molecule has 2 heterocycles. The van der Waals surface area contributed by atoms with Gasteiger partial charge >= 0.3 is 0 Å². The molecule has 0 radical (unpaired) electrons. The van der Waals surface area contributed by atoms with E-state index in [0.29, 0.717) is 12.6 Å². The Bertz CT molecular complexity index is 574. The van der Waals surface area contributed by atoms with Gasteiger partial charge in [-0.05, 0) is 18.9 Å². The van der Waals surface area contributed by atoms with Crippen LogP contribution in [0.2, 0.25) is 0 Å². The van der Waals surface area contributed by atoms with E-state index in [0.717, 1.165) is 11.7 Å². The van der Waals surface area contributed by atoms with Gasteiger partial charge in [0.25, 0.3) is 0 Å². The Labute approximate surface area is 106 Å². The van der Waals surface area contributed by atoms with E-state index in [9.17, 15) is 0 Å². The molecule has 1 unspecified atom stereocenters. The number of hydrogen-bond donors (Lipinski definition) is 1. The van der Waals surface area contributed by atoms with Crippen molar-refractivity contribution in [1.82, 2.24) is 9.55 Å². The highest BCUT2D eigenvalue weighted by atomic mass is 16.5. The molecule has 1 aromatic heterocycles. The summed E-state index contributed by atoms with van der Waals surface area (Å²) in [6.07, 6.45) is 6.39. The van der Waals surface area contributed by atoms with Crippen LogP contribution in [0.5, 0.6) is 5.75 Å². The summed E-state index contributed by atoms with van der Waals surface area (Å²) >= 11 is 0. The van der Waals surface area contributed by atoms with Crippen molar-refractivity contribution in [1.29, 1.82) is 0 Å². The Morgan fingerprint density at radius 3 is 3.06 bits per heavy atom. The van der Waals surface area contributed by atoms with Gasteiger partial charge in [-0.15, -0.1) is 0 Å². The molecule has 4 nitrogen and oxygen atoms in total. The van der Waals surface area contributed by atoms with Gasteiger partial charge in [0, 0.05) is 24.0 Å². The second kappa shape index (κ2) is 3.77. The summed E-state index contributed by atoms with van der Waals surface area (Å²) in [6, 6.07) is 9.09. The fraction of sp³-hybridized carbons (Fsp3) is 0.357. The predicted octanol–water partition coefficient (Wildman–Crippen LogP) is 2.44. The molecule has 1 aliphatic carbocycles. The number of ether oxygens (including phenoxy) is 1. The van der Waals surface area contributed by atoms with Crippen LogP contribution in [-0.2, 0) is 0 Å². The molecular formula is C14H15N3O. The molecule has 2 aliphatic rings. The molecule has 0 bridgehead atoms. The van der Waals surface area contributed by atoms with Gasteiger partial charge in [-0.3, -0.25) is 0 Å². The Morgan fingerprint density at radius 2 is 2.17 bits per heavy atom. The second-order valence-corrected chi connectivity index (χ2v) is 4.94. The Morgan fingerprint density at radius 1 is 1.28 bits per heavy atom. The first-order valence-corrected chi connectivity index (χ1v) is 6.43. The molecule has 18 heavy (non-hydrogen) atoms. The average molecular weight is 241 g/mol. The fourth-order valence-electron chi connectivity index (χ4n) is 2.46. The maximum absolute atomic E-state index is 5.73. The van der Waals surface area contributed by atoms with Crippen LogP contribution in [0.15, 0.2) is 36.7 Å². The summed E-state index contributed by atoms with van der Waals surface area (Å²) in [5.41, 5.74) is 1.24. The molecule has 4 rings (SSSR count). The molecule has 0 amide bonds. The summed E-state index contributed by atoms with van der Waals surface area (Å²) in [6.45, 7) is 0.690. The summed E-state index contributed by atoms with van der Waals surface area (Å²) in [5, 5.41) is 3.47. The third-order valence-corrected chi connectivity index (χ3v) is 3.59. The van der Waals surface area contributed by atoms with Gasteiger partial charge in [0.15, 0.2) is 0 Å². The van der Waals surface area contributed by atoms with E-state index < -0.39 is 0 Å². The van der Waals surface area contributed by atoms with E-state index in [1.165, 1.54) is 18.4 Å². The molecule has 1 saturated carbocycles. The summed E-state index contributed by atoms with van der Waals surface area (Å²) in [7, 11) is 0. The highest BCUT2D eigenvalue weighted by Gasteiger charge is 2.29. The number of imidazole rings is 1. The minimum atomic E-state index is 0.241. The van der Waals surface area contributed by atoms with E-state index in [4.69, 9.17) is 4.74 Å². The lowest BCUT2D eigenvalue weighted by atomic mass is 10.1.